The molecule has 2 aliphatic rings. The van der Waals surface area contributed by atoms with Gasteiger partial charge in [-0.3, -0.25) is 14.2 Å². The number of aromatic hydroxyl groups is 2. The van der Waals surface area contributed by atoms with Crippen molar-refractivity contribution in [1.82, 2.24) is 9.79 Å². The van der Waals surface area contributed by atoms with Gasteiger partial charge in [-0.2, -0.15) is 8.42 Å². The molecule has 1 amide bonds. The molecule has 0 aliphatic carbocycles. The van der Waals surface area contributed by atoms with Gasteiger partial charge >= 0.3 is 11.8 Å². The fourth-order valence-corrected chi connectivity index (χ4v) is 11.1. The van der Waals surface area contributed by atoms with Gasteiger partial charge in [-0.05, 0) is 106 Å². The molecule has 0 fully saturated rings. The Morgan fingerprint density at radius 1 is 0.928 bits per heavy atom. The highest BCUT2D eigenvalue weighted by atomic mass is 32.2. The van der Waals surface area contributed by atoms with Crippen LogP contribution in [-0.2, 0) is 64.5 Å². The number of allylic oxidation sites excluding steroid dienone is 8. The van der Waals surface area contributed by atoms with Crippen LogP contribution in [-0.4, -0.2) is 100 Å². The largest absolute Gasteiger partial charge is 0.492 e. The summed E-state index contributed by atoms with van der Waals surface area (Å²) in [5, 5.41) is 20.8. The molecule has 6 rings (SSSR count). The molecule has 5 heterocycles. The van der Waals surface area contributed by atoms with Crippen molar-refractivity contribution in [2.45, 2.75) is 85.8 Å². The third kappa shape index (κ3) is 12.4. The predicted octanol–water partition coefficient (Wildman–Crippen LogP) is 6.30. The number of aromatic nitrogens is 2. The van der Waals surface area contributed by atoms with E-state index in [0.717, 1.165) is 32.5 Å². The fourth-order valence-electron chi connectivity index (χ4n) is 8.27. The van der Waals surface area contributed by atoms with Gasteiger partial charge in [-0.25, -0.2) is 27.1 Å². The third-order valence-corrected chi connectivity index (χ3v) is 15.8. The maximum atomic E-state index is 13.2. The number of fused-ring (bicyclic) bond motifs is 2. The Balaban J connectivity index is 1.26. The number of benzene rings is 1. The van der Waals surface area contributed by atoms with Crippen LogP contribution in [0.25, 0.3) is 0 Å². The molecule has 0 bridgehead atoms. The Hall–Kier alpha value is -5.75. The monoisotopic (exact) mass is 1030 g/mol. The minimum atomic E-state index is -4.59. The fraction of sp³-hybridized carbons (Fsp3) is 0.362. The number of rotatable bonds is 21. The molecular weight excluding hydrogens is 971 g/mol. The predicted molar refractivity (Wildman–Crippen MR) is 262 cm³/mol. The van der Waals surface area contributed by atoms with E-state index in [0.29, 0.717) is 78.3 Å². The van der Waals surface area contributed by atoms with Crippen LogP contribution in [0.15, 0.2) is 117 Å². The van der Waals surface area contributed by atoms with Crippen LogP contribution in [0.3, 0.4) is 0 Å². The average molecular weight is 1030 g/mol. The van der Waals surface area contributed by atoms with E-state index in [1.165, 1.54) is 44.7 Å². The van der Waals surface area contributed by atoms with E-state index in [-0.39, 0.29) is 27.2 Å². The Kier molecular flexibility index (Phi) is 16.4. The molecule has 0 radical (unpaired) electrons. The number of hydroxylamine groups is 2. The van der Waals surface area contributed by atoms with Crippen molar-refractivity contribution in [3.8, 4) is 11.8 Å². The molecule has 1 aromatic carbocycles. The average Bonchev–Trinajstić information content (AvgIpc) is 4.00. The quantitative estimate of drug-likeness (QED) is 0.0179. The van der Waals surface area contributed by atoms with Crippen molar-refractivity contribution in [2.24, 2.45) is 4.99 Å². The maximum Gasteiger partial charge on any atom is 0.333 e. The molecule has 0 saturated heterocycles. The van der Waals surface area contributed by atoms with Gasteiger partial charge in [-0.1, -0.05) is 36.8 Å². The van der Waals surface area contributed by atoms with Crippen molar-refractivity contribution in [3.63, 3.8) is 0 Å². The third-order valence-electron chi connectivity index (χ3n) is 11.9. The van der Waals surface area contributed by atoms with Gasteiger partial charge in [0.25, 0.3) is 16.0 Å². The zero-order valence-electron chi connectivity index (χ0n) is 38.9. The highest BCUT2D eigenvalue weighted by Gasteiger charge is 2.45. The van der Waals surface area contributed by atoms with E-state index in [9.17, 15) is 50.0 Å². The molecule has 2 atom stereocenters. The first-order valence-corrected chi connectivity index (χ1v) is 27.2. The Morgan fingerprint density at radius 2 is 1.62 bits per heavy atom. The van der Waals surface area contributed by atoms with Crippen LogP contribution >= 0.6 is 11.3 Å². The van der Waals surface area contributed by atoms with Gasteiger partial charge in [0, 0.05) is 60.1 Å². The number of unbranched alkanes of at least 4 members (excludes halogenated alkanes) is 2. The second-order valence-electron chi connectivity index (χ2n) is 17.3. The first-order valence-electron chi connectivity index (χ1n) is 21.7. The zero-order chi connectivity index (χ0) is 50.5. The van der Waals surface area contributed by atoms with Crippen LogP contribution < -0.4 is 14.3 Å². The molecular formula is C47H56N5O13S4+. The van der Waals surface area contributed by atoms with Gasteiger partial charge in [0.1, 0.15) is 20.2 Å². The molecule has 2 aliphatic heterocycles. The van der Waals surface area contributed by atoms with Crippen molar-refractivity contribution >= 4 is 71.5 Å². The number of nitrogens with zero attached hydrogens (tertiary/aromatic N) is 5. The van der Waals surface area contributed by atoms with Crippen LogP contribution in [0.1, 0.15) is 79.2 Å². The summed E-state index contributed by atoms with van der Waals surface area (Å²) < 4.78 is 83.3. The number of carbonyl (C=O) groups is 2. The molecule has 4 N–H and O–H groups in total. The Morgan fingerprint density at radius 3 is 2.28 bits per heavy atom. The molecule has 0 saturated carbocycles. The first kappa shape index (κ1) is 52.6. The number of hydrogen-bond donors (Lipinski definition) is 4. The van der Waals surface area contributed by atoms with Crippen LogP contribution in [0.4, 0.5) is 11.5 Å². The van der Waals surface area contributed by atoms with Crippen molar-refractivity contribution in [3.05, 3.63) is 125 Å². The summed E-state index contributed by atoms with van der Waals surface area (Å²) in [6, 6.07) is 11.9. The van der Waals surface area contributed by atoms with E-state index >= 15 is 0 Å². The molecule has 0 spiro atoms. The van der Waals surface area contributed by atoms with Gasteiger partial charge in [0.15, 0.2) is 16.8 Å². The molecule has 3 aromatic heterocycles. The summed E-state index contributed by atoms with van der Waals surface area (Å²) >= 11 is -1.04. The number of carbonyl (C=O) groups excluding carboxylic acids is 2. The topological polar surface area (TPSA) is 247 Å². The highest BCUT2D eigenvalue weighted by molar-refractivity contribution is 7.90. The summed E-state index contributed by atoms with van der Waals surface area (Å²) in [6.07, 6.45) is 18.0. The van der Waals surface area contributed by atoms with E-state index in [1.807, 2.05) is 63.3 Å². The van der Waals surface area contributed by atoms with Crippen molar-refractivity contribution in [1.29, 1.82) is 0 Å². The second kappa shape index (κ2) is 21.5. The molecule has 18 nitrogen and oxygen atoms in total. The number of pyridine rings is 1. The number of aliphatic imine (C=N–C) groups is 1. The summed E-state index contributed by atoms with van der Waals surface area (Å²) in [5.74, 6) is -1.29. The van der Waals surface area contributed by atoms with E-state index in [4.69, 9.17) is 14.7 Å². The number of anilines is 1. The highest BCUT2D eigenvalue weighted by Crippen LogP contribution is 2.51. The van der Waals surface area contributed by atoms with Crippen LogP contribution in [0, 0.1) is 0 Å². The van der Waals surface area contributed by atoms with E-state index in [1.54, 1.807) is 35.0 Å². The smallest absolute Gasteiger partial charge is 0.333 e. The zero-order valence-corrected chi connectivity index (χ0v) is 42.2. The number of amides is 1. The molecule has 370 valence electrons. The maximum absolute atomic E-state index is 13.2. The van der Waals surface area contributed by atoms with Gasteiger partial charge in [-0.15, -0.1) is 16.1 Å². The van der Waals surface area contributed by atoms with Gasteiger partial charge in [0.05, 0.1) is 40.8 Å². The standard InChI is InChI=1S/C47H55N5O13S4/c1-46(2)36-28-32(45(56)49(4)64-5)31-50(25-15-27-68(6,59)60)44(36)48-38(46)16-11-8-7-9-12-17-39-47(3,30-33-19-24-43(66-33)67(57)58)35-29-34(69(61,62)63)20-21-37(35)51(39)26-14-10-13-18-42(55)65-52-40(53)22-23-41(52)54/h7-9,11-12,16-17,19-24,28-29,31H,10,13-15,18,25-27,30H2,1-6H3,(H3-,53,54,57,58,61,62,63)/p+1. The van der Waals surface area contributed by atoms with Gasteiger partial charge < -0.3 is 24.5 Å². The molecule has 2 unspecified atom stereocenters. The second-order valence-corrected chi connectivity index (χ2v) is 23.4. The minimum absolute atomic E-state index is 0.00194. The lowest BCUT2D eigenvalue weighted by Gasteiger charge is -2.30. The number of sulfone groups is 1. The molecule has 22 heteroatoms. The Labute approximate surface area is 408 Å². The molecule has 4 aromatic rings. The summed E-state index contributed by atoms with van der Waals surface area (Å²) in [5.41, 5.74) is 2.43. The Bertz CT molecular complexity index is 3000. The van der Waals surface area contributed by atoms with Crippen molar-refractivity contribution in [2.75, 3.05) is 37.6 Å². The normalized spacial score (nSPS) is 17.8. The minimum Gasteiger partial charge on any atom is -0.492 e. The number of thiophene rings is 1. The summed E-state index contributed by atoms with van der Waals surface area (Å²) in [4.78, 5) is 43.4. The van der Waals surface area contributed by atoms with E-state index in [2.05, 4.69) is 4.90 Å². The van der Waals surface area contributed by atoms with Crippen molar-refractivity contribution < 1.29 is 64.2 Å². The number of hydrogen-bond acceptors (Lipinski definition) is 14. The van der Waals surface area contributed by atoms with Crippen LogP contribution in [0.5, 0.6) is 11.8 Å². The summed E-state index contributed by atoms with van der Waals surface area (Å²) in [7, 11) is -4.91. The lowest BCUT2D eigenvalue weighted by atomic mass is 9.78. The lowest BCUT2D eigenvalue weighted by molar-refractivity contribution is -0.684. The molecule has 69 heavy (non-hydrogen) atoms. The van der Waals surface area contributed by atoms with Crippen LogP contribution in [0.2, 0.25) is 0 Å². The lowest BCUT2D eigenvalue weighted by Crippen LogP contribution is -2.38. The number of aryl methyl sites for hydroxylation is 1. The SMILES string of the molecule is CON(C)C(=O)c1cc2c([n+](CCCS(C)(=O)=O)c1)N=C(C=CC=CC=CC=C1N(CCCCCC(=O)On3c(O)ccc3O)c3ccc(S(=O)(=O)O)cc3C1(C)Cc1ccc(S(=O)O)s1)C2(C)C. The first-order chi connectivity index (χ1) is 32.4. The summed E-state index contributed by atoms with van der Waals surface area (Å²) in [6.45, 7) is 6.68. The van der Waals surface area contributed by atoms with Gasteiger partial charge in [0.2, 0.25) is 11.8 Å². The van der Waals surface area contributed by atoms with E-state index < -0.39 is 59.6 Å².